The number of aliphatic hydroxyl groups excluding tert-OH is 1. The van der Waals surface area contributed by atoms with Gasteiger partial charge in [0.2, 0.25) is 0 Å². The van der Waals surface area contributed by atoms with Gasteiger partial charge in [-0.15, -0.1) is 0 Å². The summed E-state index contributed by atoms with van der Waals surface area (Å²) in [5.41, 5.74) is 0. The van der Waals surface area contributed by atoms with Crippen molar-refractivity contribution >= 4 is 5.97 Å². The van der Waals surface area contributed by atoms with Gasteiger partial charge in [0.25, 0.3) is 0 Å². The third kappa shape index (κ3) is 36.2. The highest BCUT2D eigenvalue weighted by Gasteiger charge is 2.13. The lowest BCUT2D eigenvalue weighted by atomic mass is 10.1. The number of carbonyl (C=O) groups excluding carboxylic acids is 1. The summed E-state index contributed by atoms with van der Waals surface area (Å²) in [5.74, 6) is -0.225. The molecule has 45 heavy (non-hydrogen) atoms. The zero-order valence-corrected chi connectivity index (χ0v) is 29.4. The van der Waals surface area contributed by atoms with E-state index in [1.165, 1.54) is 64.2 Å². The highest BCUT2D eigenvalue weighted by Crippen LogP contribution is 2.11. The molecule has 4 nitrogen and oxygen atoms in total. The molecule has 0 heterocycles. The van der Waals surface area contributed by atoms with Gasteiger partial charge in [-0.25, -0.2) is 0 Å². The van der Waals surface area contributed by atoms with Crippen LogP contribution in [0.5, 0.6) is 0 Å². The molecule has 0 aromatic rings. The fourth-order valence-corrected chi connectivity index (χ4v) is 4.75. The van der Waals surface area contributed by atoms with Gasteiger partial charge in [-0.1, -0.05) is 145 Å². The van der Waals surface area contributed by atoms with Gasteiger partial charge in [-0.3, -0.25) is 4.79 Å². The predicted molar refractivity (Wildman–Crippen MR) is 196 cm³/mol. The predicted octanol–water partition coefficient (Wildman–Crippen LogP) is 11.9. The van der Waals surface area contributed by atoms with E-state index in [4.69, 9.17) is 9.47 Å². The molecule has 1 N–H and O–H groups in total. The van der Waals surface area contributed by atoms with Crippen LogP contribution in [0.2, 0.25) is 0 Å². The van der Waals surface area contributed by atoms with Crippen LogP contribution in [0.15, 0.2) is 72.9 Å². The van der Waals surface area contributed by atoms with E-state index in [1.54, 1.807) is 0 Å². The Hall–Kier alpha value is -2.17. The Morgan fingerprint density at radius 1 is 0.556 bits per heavy atom. The van der Waals surface area contributed by atoms with Crippen LogP contribution < -0.4 is 0 Å². The van der Waals surface area contributed by atoms with E-state index < -0.39 is 6.10 Å². The molecule has 4 heteroatoms. The third-order valence-corrected chi connectivity index (χ3v) is 7.52. The first-order chi connectivity index (χ1) is 22.2. The Balaban J connectivity index is 3.55. The Kier molecular flexibility index (Phi) is 36.2. The normalized spacial score (nSPS) is 13.2. The van der Waals surface area contributed by atoms with Gasteiger partial charge in [0, 0.05) is 13.0 Å². The molecule has 0 bridgehead atoms. The maximum absolute atomic E-state index is 12.1. The first-order valence-corrected chi connectivity index (χ1v) is 18.5. The van der Waals surface area contributed by atoms with Crippen molar-refractivity contribution in [2.45, 2.75) is 161 Å². The number of aliphatic hydroxyl groups is 1. The fraction of sp³-hybridized carbons (Fsp3) is 0.683. The molecule has 0 saturated carbocycles. The van der Waals surface area contributed by atoms with Crippen LogP contribution in [0, 0.1) is 0 Å². The van der Waals surface area contributed by atoms with Crippen molar-refractivity contribution in [2.75, 3.05) is 19.8 Å². The van der Waals surface area contributed by atoms with Crippen LogP contribution in [0.3, 0.4) is 0 Å². The maximum atomic E-state index is 12.1. The molecule has 1 atom stereocenters. The van der Waals surface area contributed by atoms with Gasteiger partial charge in [-0.2, -0.15) is 0 Å². The summed E-state index contributed by atoms with van der Waals surface area (Å²) in [4.78, 5) is 12.1. The van der Waals surface area contributed by atoms with Crippen molar-refractivity contribution < 1.29 is 19.4 Å². The Morgan fingerprint density at radius 3 is 1.53 bits per heavy atom. The lowest BCUT2D eigenvalue weighted by Gasteiger charge is -2.15. The first-order valence-electron chi connectivity index (χ1n) is 18.5. The van der Waals surface area contributed by atoms with E-state index in [-0.39, 0.29) is 19.2 Å². The number of hydrogen-bond donors (Lipinski definition) is 1. The molecule has 0 rings (SSSR count). The number of carbonyl (C=O) groups is 1. The van der Waals surface area contributed by atoms with Gasteiger partial charge in [-0.05, 0) is 77.0 Å². The highest BCUT2D eigenvalue weighted by atomic mass is 16.6. The summed E-state index contributed by atoms with van der Waals surface area (Å²) >= 11 is 0. The number of esters is 1. The van der Waals surface area contributed by atoms with E-state index in [2.05, 4.69) is 86.8 Å². The molecule has 258 valence electrons. The molecule has 0 fully saturated rings. The summed E-state index contributed by atoms with van der Waals surface area (Å²) in [6.45, 7) is 5.15. The van der Waals surface area contributed by atoms with Gasteiger partial charge < -0.3 is 14.6 Å². The molecule has 0 aromatic heterocycles. The van der Waals surface area contributed by atoms with Crippen molar-refractivity contribution in [3.63, 3.8) is 0 Å². The third-order valence-electron chi connectivity index (χ3n) is 7.52. The number of unbranched alkanes of at least 4 members (excludes halogenated alkanes) is 13. The van der Waals surface area contributed by atoms with E-state index in [1.807, 2.05) is 0 Å². The largest absolute Gasteiger partial charge is 0.457 e. The minimum absolute atomic E-state index is 0.186. The number of allylic oxidation sites excluding steroid dienone is 12. The molecular formula is C41H70O4. The maximum Gasteiger partial charge on any atom is 0.306 e. The second kappa shape index (κ2) is 38.0. The average molecular weight is 627 g/mol. The molecule has 0 aromatic carbocycles. The topological polar surface area (TPSA) is 55.8 Å². The lowest BCUT2D eigenvalue weighted by Crippen LogP contribution is -2.27. The van der Waals surface area contributed by atoms with Crippen LogP contribution >= 0.6 is 0 Å². The van der Waals surface area contributed by atoms with E-state index in [0.29, 0.717) is 13.0 Å². The molecule has 0 aliphatic carbocycles. The van der Waals surface area contributed by atoms with Crippen molar-refractivity contribution in [1.82, 2.24) is 0 Å². The second-order valence-corrected chi connectivity index (χ2v) is 11.9. The average Bonchev–Trinajstić information content (AvgIpc) is 3.05. The second-order valence-electron chi connectivity index (χ2n) is 11.9. The van der Waals surface area contributed by atoms with Gasteiger partial charge >= 0.3 is 5.97 Å². The number of ether oxygens (including phenoxy) is 2. The molecule has 0 saturated heterocycles. The minimum atomic E-state index is -0.550. The van der Waals surface area contributed by atoms with E-state index >= 15 is 0 Å². The number of hydrogen-bond acceptors (Lipinski definition) is 4. The van der Waals surface area contributed by atoms with Crippen LogP contribution in [-0.4, -0.2) is 37.0 Å². The van der Waals surface area contributed by atoms with Crippen LogP contribution in [0.1, 0.15) is 155 Å². The van der Waals surface area contributed by atoms with Crippen molar-refractivity contribution in [1.29, 1.82) is 0 Å². The van der Waals surface area contributed by atoms with Crippen molar-refractivity contribution in [3.05, 3.63) is 72.9 Å². The van der Waals surface area contributed by atoms with E-state index in [9.17, 15) is 9.90 Å². The quantitative estimate of drug-likeness (QED) is 0.0447. The molecule has 0 aliphatic heterocycles. The molecule has 0 amide bonds. The zero-order valence-electron chi connectivity index (χ0n) is 29.4. The summed E-state index contributed by atoms with van der Waals surface area (Å²) in [7, 11) is 0. The summed E-state index contributed by atoms with van der Waals surface area (Å²) < 4.78 is 11.1. The van der Waals surface area contributed by atoms with Crippen molar-refractivity contribution in [2.24, 2.45) is 0 Å². The molecular weight excluding hydrogens is 556 g/mol. The zero-order chi connectivity index (χ0) is 32.7. The van der Waals surface area contributed by atoms with Gasteiger partial charge in [0.05, 0.1) is 13.2 Å². The smallest absolute Gasteiger partial charge is 0.306 e. The molecule has 0 radical (unpaired) electrons. The van der Waals surface area contributed by atoms with Crippen LogP contribution in [0.4, 0.5) is 0 Å². The van der Waals surface area contributed by atoms with E-state index in [0.717, 1.165) is 70.6 Å². The summed E-state index contributed by atoms with van der Waals surface area (Å²) in [6, 6.07) is 0. The number of rotatable bonds is 33. The molecule has 0 spiro atoms. The standard InChI is InChI=1S/C41H70O4/c1-3-5-7-9-11-13-15-17-18-19-20-21-22-23-24-25-26-28-30-32-34-36-41(43)45-40(38-42)39-44-37-35-33-31-29-27-16-14-12-10-8-6-4-2/h5,7,10-13,17-18,20-21,23-24,40,42H,3-4,6,8-9,14-16,19,22,25-39H2,1-2H3/b7-5-,12-10-,13-11-,18-17-,21-20-,24-23-. The fourth-order valence-electron chi connectivity index (χ4n) is 4.75. The monoisotopic (exact) mass is 627 g/mol. The van der Waals surface area contributed by atoms with Crippen LogP contribution in [0.25, 0.3) is 0 Å². The van der Waals surface area contributed by atoms with Gasteiger partial charge in [0.1, 0.15) is 6.10 Å². The minimum Gasteiger partial charge on any atom is -0.457 e. The summed E-state index contributed by atoms with van der Waals surface area (Å²) in [6.07, 6.45) is 50.8. The first kappa shape index (κ1) is 42.8. The Labute approximate surface area is 278 Å². The van der Waals surface area contributed by atoms with Crippen molar-refractivity contribution in [3.8, 4) is 0 Å². The Bertz CT molecular complexity index is 789. The lowest BCUT2D eigenvalue weighted by molar-refractivity contribution is -0.154. The summed E-state index contributed by atoms with van der Waals surface area (Å²) in [5, 5.41) is 9.55. The van der Waals surface area contributed by atoms with Crippen LogP contribution in [-0.2, 0) is 14.3 Å². The highest BCUT2D eigenvalue weighted by molar-refractivity contribution is 5.69. The van der Waals surface area contributed by atoms with Gasteiger partial charge in [0.15, 0.2) is 0 Å². The molecule has 1 unspecified atom stereocenters. The molecule has 0 aliphatic rings. The SMILES string of the molecule is CC/C=C\C/C=C\C/C=C\C/C=C\C/C=C\CCCCCCCC(=O)OC(CO)COCCCCCCCC/C=C\CCCC. The Morgan fingerprint density at radius 2 is 1.00 bits per heavy atom.